The number of hydrogen-bond acceptors (Lipinski definition) is 3. The fraction of sp³-hybridized carbons (Fsp3) is 0.529. The SMILES string of the molecule is Cc1cccc([C@@H](C)C(=O)N(CC(=O)O)C2CCOCC2)c1. The normalized spacial score (nSPS) is 17.0. The first-order valence-electron chi connectivity index (χ1n) is 7.65. The van der Waals surface area contributed by atoms with E-state index in [0.29, 0.717) is 26.1 Å². The van der Waals surface area contributed by atoms with E-state index in [4.69, 9.17) is 9.84 Å². The van der Waals surface area contributed by atoms with Gasteiger partial charge in [-0.05, 0) is 32.3 Å². The minimum absolute atomic E-state index is 0.0513. The van der Waals surface area contributed by atoms with Crippen molar-refractivity contribution in [1.29, 1.82) is 0 Å². The lowest BCUT2D eigenvalue weighted by molar-refractivity contribution is -0.148. The Hall–Kier alpha value is -1.88. The van der Waals surface area contributed by atoms with Gasteiger partial charge in [-0.15, -0.1) is 0 Å². The van der Waals surface area contributed by atoms with Gasteiger partial charge in [0.05, 0.1) is 5.92 Å². The van der Waals surface area contributed by atoms with Gasteiger partial charge < -0.3 is 14.7 Å². The van der Waals surface area contributed by atoms with Gasteiger partial charge in [-0.1, -0.05) is 29.8 Å². The second-order valence-corrected chi connectivity index (χ2v) is 5.84. The van der Waals surface area contributed by atoms with Crippen molar-refractivity contribution in [3.8, 4) is 0 Å². The molecule has 5 heteroatoms. The lowest BCUT2D eigenvalue weighted by atomic mass is 9.96. The third-order valence-corrected chi connectivity index (χ3v) is 4.13. The van der Waals surface area contributed by atoms with Gasteiger partial charge in [0.1, 0.15) is 6.54 Å². The Bertz CT molecular complexity index is 537. The number of carbonyl (C=O) groups excluding carboxylic acids is 1. The highest BCUT2D eigenvalue weighted by atomic mass is 16.5. The predicted molar refractivity (Wildman–Crippen MR) is 82.8 cm³/mol. The molecule has 0 aliphatic carbocycles. The van der Waals surface area contributed by atoms with Crippen LogP contribution in [0.25, 0.3) is 0 Å². The number of nitrogens with zero attached hydrogens (tertiary/aromatic N) is 1. The zero-order chi connectivity index (χ0) is 16.1. The lowest BCUT2D eigenvalue weighted by Gasteiger charge is -2.35. The second-order valence-electron chi connectivity index (χ2n) is 5.84. The summed E-state index contributed by atoms with van der Waals surface area (Å²) in [6.07, 6.45) is 1.39. The molecule has 1 aliphatic heterocycles. The number of amides is 1. The Morgan fingerprint density at radius 1 is 1.36 bits per heavy atom. The van der Waals surface area contributed by atoms with E-state index >= 15 is 0 Å². The molecule has 0 aromatic heterocycles. The first kappa shape index (κ1) is 16.5. The van der Waals surface area contributed by atoms with Crippen molar-refractivity contribution in [3.05, 3.63) is 35.4 Å². The van der Waals surface area contributed by atoms with E-state index in [2.05, 4.69) is 0 Å². The number of carbonyl (C=O) groups is 2. The van der Waals surface area contributed by atoms with E-state index in [1.165, 1.54) is 4.90 Å². The molecular weight excluding hydrogens is 282 g/mol. The minimum Gasteiger partial charge on any atom is -0.480 e. The molecule has 0 spiro atoms. The van der Waals surface area contributed by atoms with Crippen molar-refractivity contribution >= 4 is 11.9 Å². The van der Waals surface area contributed by atoms with Crippen molar-refractivity contribution < 1.29 is 19.4 Å². The predicted octanol–water partition coefficient (Wildman–Crippen LogP) is 2.19. The molecule has 5 nitrogen and oxygen atoms in total. The average molecular weight is 305 g/mol. The molecule has 0 unspecified atom stereocenters. The minimum atomic E-state index is -0.976. The highest BCUT2D eigenvalue weighted by Gasteiger charge is 2.30. The van der Waals surface area contributed by atoms with Gasteiger partial charge in [-0.3, -0.25) is 9.59 Å². The first-order chi connectivity index (χ1) is 10.5. The quantitative estimate of drug-likeness (QED) is 0.905. The molecule has 0 bridgehead atoms. The summed E-state index contributed by atoms with van der Waals surface area (Å²) in [5.74, 6) is -1.45. The highest BCUT2D eigenvalue weighted by Crippen LogP contribution is 2.23. The van der Waals surface area contributed by atoms with Crippen molar-refractivity contribution in [1.82, 2.24) is 4.90 Å². The van der Waals surface area contributed by atoms with Gasteiger partial charge in [-0.2, -0.15) is 0 Å². The number of aliphatic carboxylic acids is 1. The average Bonchev–Trinajstić information content (AvgIpc) is 2.52. The topological polar surface area (TPSA) is 66.8 Å². The van der Waals surface area contributed by atoms with Crippen molar-refractivity contribution in [2.75, 3.05) is 19.8 Å². The molecule has 1 aromatic carbocycles. The van der Waals surface area contributed by atoms with Gasteiger partial charge in [-0.25, -0.2) is 0 Å². The van der Waals surface area contributed by atoms with Gasteiger partial charge in [0.15, 0.2) is 0 Å². The van der Waals surface area contributed by atoms with Crippen LogP contribution in [0, 0.1) is 6.92 Å². The molecule has 22 heavy (non-hydrogen) atoms. The van der Waals surface area contributed by atoms with Crippen LogP contribution in [-0.2, 0) is 14.3 Å². The number of carboxylic acids is 1. The van der Waals surface area contributed by atoms with Crippen molar-refractivity contribution in [2.45, 2.75) is 38.6 Å². The second kappa shape index (κ2) is 7.40. The lowest BCUT2D eigenvalue weighted by Crippen LogP contribution is -2.47. The maximum atomic E-state index is 12.8. The van der Waals surface area contributed by atoms with E-state index in [0.717, 1.165) is 11.1 Å². The highest BCUT2D eigenvalue weighted by molar-refractivity contribution is 5.86. The van der Waals surface area contributed by atoms with Crippen LogP contribution < -0.4 is 0 Å². The fourth-order valence-corrected chi connectivity index (χ4v) is 2.86. The van der Waals surface area contributed by atoms with E-state index < -0.39 is 5.97 Å². The molecule has 1 aromatic rings. The van der Waals surface area contributed by atoms with Gasteiger partial charge in [0.2, 0.25) is 5.91 Å². The Kier molecular flexibility index (Phi) is 5.55. The molecule has 1 N–H and O–H groups in total. The summed E-state index contributed by atoms with van der Waals surface area (Å²) in [5.41, 5.74) is 2.01. The smallest absolute Gasteiger partial charge is 0.323 e. The molecule has 1 heterocycles. The number of ether oxygens (including phenoxy) is 1. The van der Waals surface area contributed by atoms with Crippen LogP contribution in [0.5, 0.6) is 0 Å². The van der Waals surface area contributed by atoms with Gasteiger partial charge in [0, 0.05) is 19.3 Å². The van der Waals surface area contributed by atoms with Crippen molar-refractivity contribution in [2.24, 2.45) is 0 Å². The molecule has 1 atom stereocenters. The maximum absolute atomic E-state index is 12.8. The third kappa shape index (κ3) is 4.07. The summed E-state index contributed by atoms with van der Waals surface area (Å²) in [6, 6.07) is 7.74. The summed E-state index contributed by atoms with van der Waals surface area (Å²) in [5, 5.41) is 9.13. The summed E-state index contributed by atoms with van der Waals surface area (Å²) in [4.78, 5) is 25.5. The number of hydrogen-bond donors (Lipinski definition) is 1. The van der Waals surface area contributed by atoms with Crippen LogP contribution in [0.4, 0.5) is 0 Å². The largest absolute Gasteiger partial charge is 0.480 e. The van der Waals surface area contributed by atoms with E-state index in [1.54, 1.807) is 0 Å². The Morgan fingerprint density at radius 2 is 2.05 bits per heavy atom. The Labute approximate surface area is 130 Å². The molecule has 1 saturated heterocycles. The van der Waals surface area contributed by atoms with Crippen molar-refractivity contribution in [3.63, 3.8) is 0 Å². The molecular formula is C17H23NO4. The number of aryl methyl sites for hydroxylation is 1. The molecule has 1 aliphatic rings. The molecule has 120 valence electrons. The van der Waals surface area contributed by atoms with E-state index in [1.807, 2.05) is 38.1 Å². The number of benzene rings is 1. The zero-order valence-corrected chi connectivity index (χ0v) is 13.1. The molecule has 1 amide bonds. The summed E-state index contributed by atoms with van der Waals surface area (Å²) >= 11 is 0. The van der Waals surface area contributed by atoms with E-state index in [-0.39, 0.29) is 24.4 Å². The number of rotatable bonds is 5. The molecule has 0 saturated carbocycles. The summed E-state index contributed by atoms with van der Waals surface area (Å²) in [6.45, 7) is 4.72. The maximum Gasteiger partial charge on any atom is 0.323 e. The van der Waals surface area contributed by atoms with Crippen LogP contribution in [0.15, 0.2) is 24.3 Å². The fourth-order valence-electron chi connectivity index (χ4n) is 2.86. The molecule has 0 radical (unpaired) electrons. The van der Waals surface area contributed by atoms with Gasteiger partial charge in [0.25, 0.3) is 0 Å². The van der Waals surface area contributed by atoms with Crippen LogP contribution >= 0.6 is 0 Å². The third-order valence-electron chi connectivity index (χ3n) is 4.13. The monoisotopic (exact) mass is 305 g/mol. The Morgan fingerprint density at radius 3 is 2.64 bits per heavy atom. The molecule has 2 rings (SSSR count). The molecule has 1 fully saturated rings. The van der Waals surface area contributed by atoms with Gasteiger partial charge >= 0.3 is 5.97 Å². The van der Waals surface area contributed by atoms with E-state index in [9.17, 15) is 9.59 Å². The number of carboxylic acid groups (broad SMARTS) is 1. The first-order valence-corrected chi connectivity index (χ1v) is 7.65. The van der Waals surface area contributed by atoms with Crippen LogP contribution in [0.2, 0.25) is 0 Å². The Balaban J connectivity index is 2.18. The van der Waals surface area contributed by atoms with Crippen LogP contribution in [-0.4, -0.2) is 47.7 Å². The summed E-state index contributed by atoms with van der Waals surface area (Å²) in [7, 11) is 0. The van der Waals surface area contributed by atoms with Crippen LogP contribution in [0.3, 0.4) is 0 Å². The zero-order valence-electron chi connectivity index (χ0n) is 13.1. The standard InChI is InChI=1S/C17H23NO4/c1-12-4-3-5-14(10-12)13(2)17(21)18(11-16(19)20)15-6-8-22-9-7-15/h3-5,10,13,15H,6-9,11H2,1-2H3,(H,19,20)/t13-/m1/s1. The van der Waals surface area contributed by atoms with Crippen LogP contribution in [0.1, 0.15) is 36.8 Å². The summed E-state index contributed by atoms with van der Waals surface area (Å²) < 4.78 is 5.31.